The molecule has 8 heteroatoms. The van der Waals surface area contributed by atoms with Crippen molar-refractivity contribution in [3.8, 4) is 0 Å². The molecule has 0 aliphatic carbocycles. The Morgan fingerprint density at radius 3 is 2.61 bits per heavy atom. The first-order chi connectivity index (χ1) is 13.4. The van der Waals surface area contributed by atoms with Crippen LogP contribution in [0.2, 0.25) is 0 Å². The van der Waals surface area contributed by atoms with E-state index in [0.29, 0.717) is 25.2 Å². The quantitative estimate of drug-likeness (QED) is 0.631. The zero-order chi connectivity index (χ0) is 20.1. The SMILES string of the molecule is CN(C)C(CNCC(=O)c1cccc(S(=O)(=O)N2CCCC2)c1)c1cccs1. The molecule has 1 aliphatic heterocycles. The number of benzene rings is 1. The van der Waals surface area contributed by atoms with Crippen molar-refractivity contribution in [2.45, 2.75) is 23.8 Å². The summed E-state index contributed by atoms with van der Waals surface area (Å²) < 4.78 is 26.9. The topological polar surface area (TPSA) is 69.7 Å². The Balaban J connectivity index is 1.63. The molecule has 1 fully saturated rings. The summed E-state index contributed by atoms with van der Waals surface area (Å²) in [6.45, 7) is 1.92. The van der Waals surface area contributed by atoms with Crippen molar-refractivity contribution in [2.24, 2.45) is 0 Å². The van der Waals surface area contributed by atoms with E-state index in [1.165, 1.54) is 15.2 Å². The molecule has 1 N–H and O–H groups in total. The standard InChI is InChI=1S/C20H27N3O3S2/c1-22(2)18(20-9-6-12-27-20)14-21-15-19(24)16-7-5-8-17(13-16)28(25,26)23-10-3-4-11-23/h5-9,12-13,18,21H,3-4,10-11,14-15H2,1-2H3. The molecule has 2 heterocycles. The lowest BCUT2D eigenvalue weighted by Crippen LogP contribution is -2.33. The van der Waals surface area contributed by atoms with Crippen molar-refractivity contribution < 1.29 is 13.2 Å². The van der Waals surface area contributed by atoms with Gasteiger partial charge in [0.05, 0.1) is 17.5 Å². The van der Waals surface area contributed by atoms with Gasteiger partial charge in [-0.15, -0.1) is 11.3 Å². The van der Waals surface area contributed by atoms with E-state index in [-0.39, 0.29) is 23.3 Å². The fraction of sp³-hybridized carbons (Fsp3) is 0.450. The van der Waals surface area contributed by atoms with Crippen molar-refractivity contribution >= 4 is 27.1 Å². The van der Waals surface area contributed by atoms with Gasteiger partial charge in [-0.1, -0.05) is 18.2 Å². The van der Waals surface area contributed by atoms with E-state index in [4.69, 9.17) is 0 Å². The minimum Gasteiger partial charge on any atom is -0.308 e. The molecule has 1 aromatic heterocycles. The van der Waals surface area contributed by atoms with E-state index in [9.17, 15) is 13.2 Å². The normalized spacial score (nSPS) is 16.5. The van der Waals surface area contributed by atoms with Gasteiger partial charge >= 0.3 is 0 Å². The summed E-state index contributed by atoms with van der Waals surface area (Å²) in [5.41, 5.74) is 0.422. The maximum atomic E-state index is 12.7. The van der Waals surface area contributed by atoms with Crippen LogP contribution in [0.4, 0.5) is 0 Å². The molecule has 0 amide bonds. The predicted molar refractivity (Wildman–Crippen MR) is 112 cm³/mol. The molecule has 152 valence electrons. The summed E-state index contributed by atoms with van der Waals surface area (Å²) in [5.74, 6) is -0.109. The Hall–Kier alpha value is -1.58. The molecular formula is C20H27N3O3S2. The van der Waals surface area contributed by atoms with E-state index in [0.717, 1.165) is 12.8 Å². The molecule has 3 rings (SSSR count). The summed E-state index contributed by atoms with van der Waals surface area (Å²) in [6.07, 6.45) is 1.78. The number of Topliss-reactive ketones (excluding diaryl/α,β-unsaturated/α-hetero) is 1. The van der Waals surface area contributed by atoms with Gasteiger partial charge < -0.3 is 10.2 Å². The van der Waals surface area contributed by atoms with E-state index in [1.54, 1.807) is 29.5 Å². The number of ketones is 1. The van der Waals surface area contributed by atoms with Crippen LogP contribution in [0.25, 0.3) is 0 Å². The van der Waals surface area contributed by atoms with Crippen LogP contribution in [0.5, 0.6) is 0 Å². The molecule has 1 aromatic carbocycles. The number of nitrogens with one attached hydrogen (secondary N) is 1. The van der Waals surface area contributed by atoms with Crippen molar-refractivity contribution in [3.05, 3.63) is 52.2 Å². The molecule has 0 spiro atoms. The first-order valence-electron chi connectivity index (χ1n) is 9.43. The number of hydrogen-bond donors (Lipinski definition) is 1. The van der Waals surface area contributed by atoms with Gasteiger partial charge in [-0.05, 0) is 50.5 Å². The highest BCUT2D eigenvalue weighted by Gasteiger charge is 2.27. The maximum absolute atomic E-state index is 12.7. The molecule has 0 bridgehead atoms. The summed E-state index contributed by atoms with van der Waals surface area (Å²) >= 11 is 1.69. The highest BCUT2D eigenvalue weighted by atomic mass is 32.2. The molecule has 6 nitrogen and oxygen atoms in total. The highest BCUT2D eigenvalue weighted by molar-refractivity contribution is 7.89. The molecule has 0 saturated carbocycles. The summed E-state index contributed by atoms with van der Waals surface area (Å²) in [6, 6.07) is 10.7. The molecule has 1 aliphatic rings. The van der Waals surface area contributed by atoms with Gasteiger partial charge in [0.2, 0.25) is 10.0 Å². The average molecular weight is 422 g/mol. The fourth-order valence-electron chi connectivity index (χ4n) is 3.35. The third kappa shape index (κ3) is 4.87. The second kappa shape index (κ2) is 9.28. The van der Waals surface area contributed by atoms with Crippen molar-refractivity contribution in [3.63, 3.8) is 0 Å². The third-order valence-electron chi connectivity index (χ3n) is 4.98. The third-order valence-corrected chi connectivity index (χ3v) is 7.85. The minimum atomic E-state index is -3.51. The van der Waals surface area contributed by atoms with Crippen molar-refractivity contribution in [2.75, 3.05) is 40.3 Å². The number of likely N-dealkylation sites (N-methyl/N-ethyl adjacent to an activating group) is 1. The first kappa shape index (κ1) is 21.1. The number of hydrogen-bond acceptors (Lipinski definition) is 6. The largest absolute Gasteiger partial charge is 0.308 e. The van der Waals surface area contributed by atoms with Crippen molar-refractivity contribution in [1.29, 1.82) is 0 Å². The Bertz CT molecular complexity index is 889. The van der Waals surface area contributed by atoms with Crippen LogP contribution in [0.15, 0.2) is 46.7 Å². The molecule has 28 heavy (non-hydrogen) atoms. The number of nitrogens with zero attached hydrogens (tertiary/aromatic N) is 2. The molecule has 1 unspecified atom stereocenters. The van der Waals surface area contributed by atoms with E-state index < -0.39 is 10.0 Å². The average Bonchev–Trinajstić information content (AvgIpc) is 3.39. The molecule has 1 saturated heterocycles. The van der Waals surface area contributed by atoms with Gasteiger partial charge in [-0.2, -0.15) is 4.31 Å². The van der Waals surface area contributed by atoms with Gasteiger partial charge in [0.1, 0.15) is 0 Å². The van der Waals surface area contributed by atoms with Crippen LogP contribution in [0, 0.1) is 0 Å². The van der Waals surface area contributed by atoms with E-state index in [2.05, 4.69) is 16.3 Å². The van der Waals surface area contributed by atoms with Crippen LogP contribution in [0.3, 0.4) is 0 Å². The summed E-state index contributed by atoms with van der Waals surface area (Å²) in [7, 11) is 0.515. The maximum Gasteiger partial charge on any atom is 0.243 e. The van der Waals surface area contributed by atoms with Crippen LogP contribution >= 0.6 is 11.3 Å². The second-order valence-electron chi connectivity index (χ2n) is 7.19. The smallest absolute Gasteiger partial charge is 0.243 e. The highest BCUT2D eigenvalue weighted by Crippen LogP contribution is 2.23. The lowest BCUT2D eigenvalue weighted by molar-refractivity contribution is 0.0988. The Labute approximate surface area is 171 Å². The zero-order valence-electron chi connectivity index (χ0n) is 16.3. The van der Waals surface area contributed by atoms with Crippen LogP contribution in [-0.4, -0.2) is 63.7 Å². The van der Waals surface area contributed by atoms with Gasteiger partial charge in [-0.3, -0.25) is 4.79 Å². The number of carbonyl (C=O) groups is 1. The number of carbonyl (C=O) groups excluding carboxylic acids is 1. The minimum absolute atomic E-state index is 0.109. The summed E-state index contributed by atoms with van der Waals surface area (Å²) in [5, 5.41) is 5.27. The first-order valence-corrected chi connectivity index (χ1v) is 11.8. The molecule has 2 aromatic rings. The van der Waals surface area contributed by atoms with E-state index >= 15 is 0 Å². The Morgan fingerprint density at radius 2 is 1.96 bits per heavy atom. The second-order valence-corrected chi connectivity index (χ2v) is 10.1. The van der Waals surface area contributed by atoms with Crippen LogP contribution in [-0.2, 0) is 10.0 Å². The van der Waals surface area contributed by atoms with Crippen LogP contribution < -0.4 is 5.32 Å². The van der Waals surface area contributed by atoms with Crippen LogP contribution in [0.1, 0.15) is 34.1 Å². The Morgan fingerprint density at radius 1 is 1.21 bits per heavy atom. The Kier molecular flexibility index (Phi) is 7.00. The van der Waals surface area contributed by atoms with Gasteiger partial charge in [0.15, 0.2) is 5.78 Å². The zero-order valence-corrected chi connectivity index (χ0v) is 17.9. The lowest BCUT2D eigenvalue weighted by atomic mass is 10.1. The monoisotopic (exact) mass is 421 g/mol. The van der Waals surface area contributed by atoms with Gasteiger partial charge in [-0.25, -0.2) is 8.42 Å². The fourth-order valence-corrected chi connectivity index (χ4v) is 5.84. The molecule has 1 atom stereocenters. The summed E-state index contributed by atoms with van der Waals surface area (Å²) in [4.78, 5) is 16.2. The van der Waals surface area contributed by atoms with Crippen molar-refractivity contribution in [1.82, 2.24) is 14.5 Å². The van der Waals surface area contributed by atoms with Gasteiger partial charge in [0, 0.05) is 30.1 Å². The lowest BCUT2D eigenvalue weighted by Gasteiger charge is -2.23. The predicted octanol–water partition coefficient (Wildman–Crippen LogP) is 2.61. The molecular weight excluding hydrogens is 394 g/mol. The van der Waals surface area contributed by atoms with E-state index in [1.807, 2.05) is 25.5 Å². The number of thiophene rings is 1. The number of sulfonamides is 1. The van der Waals surface area contributed by atoms with Gasteiger partial charge in [0.25, 0.3) is 0 Å². The molecule has 0 radical (unpaired) electrons. The number of rotatable bonds is 9.